The van der Waals surface area contributed by atoms with E-state index in [9.17, 15) is 9.59 Å². The monoisotopic (exact) mass is 278 g/mol. The van der Waals surface area contributed by atoms with Gasteiger partial charge in [-0.25, -0.2) is 9.78 Å². The molecule has 1 saturated carbocycles. The summed E-state index contributed by atoms with van der Waals surface area (Å²) in [5, 5.41) is 2.79. The largest absolute Gasteiger partial charge is 0.477 e. The van der Waals surface area contributed by atoms with Gasteiger partial charge in [-0.2, -0.15) is 0 Å². The van der Waals surface area contributed by atoms with Crippen LogP contribution in [0.5, 0.6) is 5.88 Å². The molecule has 0 radical (unpaired) electrons. The Labute approximate surface area is 117 Å². The predicted octanol–water partition coefficient (Wildman–Crippen LogP) is 1.30. The van der Waals surface area contributed by atoms with Gasteiger partial charge in [0, 0.05) is 12.2 Å². The summed E-state index contributed by atoms with van der Waals surface area (Å²) in [6.45, 7) is 3.75. The first-order valence-electron chi connectivity index (χ1n) is 6.71. The standard InChI is InChI=1S/C14H18N2O4/c1-3-19-13-11(5-4-8-15-13)14(18)20-9(2)12(17)16-10-6-7-10/h4-5,8-10H,3,6-7H2,1-2H3,(H,16,17)/t9-/m0/s1. The average molecular weight is 278 g/mol. The van der Waals surface area contributed by atoms with Gasteiger partial charge in [0.25, 0.3) is 5.91 Å². The molecule has 1 fully saturated rings. The number of carbonyl (C=O) groups excluding carboxylic acids is 2. The Morgan fingerprint density at radius 2 is 2.25 bits per heavy atom. The summed E-state index contributed by atoms with van der Waals surface area (Å²) in [6, 6.07) is 3.42. The second-order valence-corrected chi connectivity index (χ2v) is 4.62. The lowest BCUT2D eigenvalue weighted by Crippen LogP contribution is -2.37. The van der Waals surface area contributed by atoms with Crippen molar-refractivity contribution in [1.82, 2.24) is 10.3 Å². The zero-order valence-corrected chi connectivity index (χ0v) is 11.6. The first kappa shape index (κ1) is 14.3. The third-order valence-electron chi connectivity index (χ3n) is 2.85. The van der Waals surface area contributed by atoms with Crippen LogP contribution in [-0.4, -0.2) is 35.6 Å². The maximum absolute atomic E-state index is 12.0. The van der Waals surface area contributed by atoms with Crippen LogP contribution in [0.1, 0.15) is 37.0 Å². The van der Waals surface area contributed by atoms with E-state index in [2.05, 4.69) is 10.3 Å². The minimum atomic E-state index is -0.835. The van der Waals surface area contributed by atoms with Crippen molar-refractivity contribution in [1.29, 1.82) is 0 Å². The molecule has 0 aliphatic heterocycles. The molecule has 2 rings (SSSR count). The molecule has 1 aromatic rings. The van der Waals surface area contributed by atoms with E-state index in [1.807, 2.05) is 0 Å². The van der Waals surface area contributed by atoms with Crippen LogP contribution in [0.25, 0.3) is 0 Å². The van der Waals surface area contributed by atoms with Crippen LogP contribution in [0.3, 0.4) is 0 Å². The molecule has 1 amide bonds. The molecule has 0 unspecified atom stereocenters. The van der Waals surface area contributed by atoms with Crippen LogP contribution in [0.2, 0.25) is 0 Å². The number of aromatic nitrogens is 1. The first-order chi connectivity index (χ1) is 9.61. The lowest BCUT2D eigenvalue weighted by molar-refractivity contribution is -0.129. The highest BCUT2D eigenvalue weighted by Crippen LogP contribution is 2.19. The highest BCUT2D eigenvalue weighted by molar-refractivity contribution is 5.94. The Bertz CT molecular complexity index is 500. The van der Waals surface area contributed by atoms with Gasteiger partial charge in [0.05, 0.1) is 6.61 Å². The molecule has 1 aliphatic carbocycles. The van der Waals surface area contributed by atoms with E-state index in [-0.39, 0.29) is 23.4 Å². The van der Waals surface area contributed by atoms with E-state index < -0.39 is 12.1 Å². The molecule has 0 aromatic carbocycles. The molecule has 6 heteroatoms. The van der Waals surface area contributed by atoms with Crippen molar-refractivity contribution in [3.8, 4) is 5.88 Å². The van der Waals surface area contributed by atoms with Crippen molar-refractivity contribution in [3.63, 3.8) is 0 Å². The second-order valence-electron chi connectivity index (χ2n) is 4.62. The zero-order valence-electron chi connectivity index (χ0n) is 11.6. The van der Waals surface area contributed by atoms with Crippen LogP contribution >= 0.6 is 0 Å². The highest BCUT2D eigenvalue weighted by atomic mass is 16.5. The molecule has 0 bridgehead atoms. The number of hydrogen-bond acceptors (Lipinski definition) is 5. The molecular weight excluding hydrogens is 260 g/mol. The van der Waals surface area contributed by atoms with Crippen molar-refractivity contribution in [2.24, 2.45) is 0 Å². The van der Waals surface area contributed by atoms with E-state index in [1.165, 1.54) is 6.20 Å². The molecule has 20 heavy (non-hydrogen) atoms. The van der Waals surface area contributed by atoms with Crippen LogP contribution in [-0.2, 0) is 9.53 Å². The fourth-order valence-corrected chi connectivity index (χ4v) is 1.62. The van der Waals surface area contributed by atoms with Gasteiger partial charge < -0.3 is 14.8 Å². The van der Waals surface area contributed by atoms with E-state index in [0.29, 0.717) is 6.61 Å². The number of nitrogens with zero attached hydrogens (tertiary/aromatic N) is 1. The number of ether oxygens (including phenoxy) is 2. The van der Waals surface area contributed by atoms with Crippen LogP contribution in [0.15, 0.2) is 18.3 Å². The van der Waals surface area contributed by atoms with Crippen molar-refractivity contribution in [2.45, 2.75) is 38.8 Å². The normalized spacial score (nSPS) is 15.3. The quantitative estimate of drug-likeness (QED) is 0.794. The Balaban J connectivity index is 1.98. The molecule has 1 heterocycles. The summed E-state index contributed by atoms with van der Waals surface area (Å²) < 4.78 is 10.4. The Kier molecular flexibility index (Phi) is 4.55. The zero-order chi connectivity index (χ0) is 14.5. The maximum Gasteiger partial charge on any atom is 0.344 e. The number of carbonyl (C=O) groups is 2. The number of nitrogens with one attached hydrogen (secondary N) is 1. The minimum absolute atomic E-state index is 0.217. The summed E-state index contributed by atoms with van der Waals surface area (Å²) in [4.78, 5) is 27.7. The first-order valence-corrected chi connectivity index (χ1v) is 6.71. The fraction of sp³-hybridized carbons (Fsp3) is 0.500. The summed E-state index contributed by atoms with van der Waals surface area (Å²) >= 11 is 0. The van der Waals surface area contributed by atoms with Gasteiger partial charge in [-0.3, -0.25) is 4.79 Å². The number of amides is 1. The van der Waals surface area contributed by atoms with Gasteiger partial charge in [-0.1, -0.05) is 0 Å². The number of rotatable bonds is 6. The average Bonchev–Trinajstić information content (AvgIpc) is 3.23. The van der Waals surface area contributed by atoms with Gasteiger partial charge in [-0.15, -0.1) is 0 Å². The van der Waals surface area contributed by atoms with Crippen LogP contribution in [0, 0.1) is 0 Å². The minimum Gasteiger partial charge on any atom is -0.477 e. The van der Waals surface area contributed by atoms with Crippen molar-refractivity contribution < 1.29 is 19.1 Å². The van der Waals surface area contributed by atoms with Crippen LogP contribution < -0.4 is 10.1 Å². The van der Waals surface area contributed by atoms with Crippen LogP contribution in [0.4, 0.5) is 0 Å². The third-order valence-corrected chi connectivity index (χ3v) is 2.85. The summed E-state index contributed by atoms with van der Waals surface area (Å²) in [5.74, 6) is -0.669. The summed E-state index contributed by atoms with van der Waals surface area (Å²) in [5.41, 5.74) is 0.223. The lowest BCUT2D eigenvalue weighted by atomic mass is 10.2. The van der Waals surface area contributed by atoms with Crippen molar-refractivity contribution in [2.75, 3.05) is 6.61 Å². The molecule has 108 valence electrons. The molecule has 1 aliphatic rings. The lowest BCUT2D eigenvalue weighted by Gasteiger charge is -2.14. The topological polar surface area (TPSA) is 77.5 Å². The van der Waals surface area contributed by atoms with Gasteiger partial charge in [0.1, 0.15) is 5.56 Å². The fourth-order valence-electron chi connectivity index (χ4n) is 1.62. The predicted molar refractivity (Wildman–Crippen MR) is 71.4 cm³/mol. The number of pyridine rings is 1. The molecule has 1 aromatic heterocycles. The third kappa shape index (κ3) is 3.69. The second kappa shape index (κ2) is 6.36. The Morgan fingerprint density at radius 1 is 1.50 bits per heavy atom. The van der Waals surface area contributed by atoms with E-state index >= 15 is 0 Å². The Hall–Kier alpha value is -2.11. The van der Waals surface area contributed by atoms with E-state index in [4.69, 9.17) is 9.47 Å². The number of hydrogen-bond donors (Lipinski definition) is 1. The molecule has 1 N–H and O–H groups in total. The number of esters is 1. The van der Waals surface area contributed by atoms with Crippen molar-refractivity contribution in [3.05, 3.63) is 23.9 Å². The van der Waals surface area contributed by atoms with Gasteiger partial charge in [0.15, 0.2) is 6.10 Å². The summed E-state index contributed by atoms with van der Waals surface area (Å²) in [6.07, 6.45) is 2.68. The maximum atomic E-state index is 12.0. The summed E-state index contributed by atoms with van der Waals surface area (Å²) in [7, 11) is 0. The van der Waals surface area contributed by atoms with Gasteiger partial charge in [-0.05, 0) is 38.8 Å². The molecule has 6 nitrogen and oxygen atoms in total. The van der Waals surface area contributed by atoms with Gasteiger partial charge >= 0.3 is 5.97 Å². The van der Waals surface area contributed by atoms with E-state index in [0.717, 1.165) is 12.8 Å². The molecular formula is C14H18N2O4. The Morgan fingerprint density at radius 3 is 2.90 bits per heavy atom. The molecule has 1 atom stereocenters. The smallest absolute Gasteiger partial charge is 0.344 e. The molecule has 0 spiro atoms. The SMILES string of the molecule is CCOc1ncccc1C(=O)O[C@@H](C)C(=O)NC1CC1. The van der Waals surface area contributed by atoms with Crippen molar-refractivity contribution >= 4 is 11.9 Å². The van der Waals surface area contributed by atoms with Gasteiger partial charge in [0.2, 0.25) is 5.88 Å². The van der Waals surface area contributed by atoms with E-state index in [1.54, 1.807) is 26.0 Å². The highest BCUT2D eigenvalue weighted by Gasteiger charge is 2.28. The molecule has 0 saturated heterocycles.